The van der Waals surface area contributed by atoms with Gasteiger partial charge < -0.3 is 16.0 Å². The van der Waals surface area contributed by atoms with Crippen molar-refractivity contribution in [2.75, 3.05) is 38.5 Å². The highest BCUT2D eigenvalue weighted by molar-refractivity contribution is 6.42. The molecule has 8 heteroatoms. The second-order valence-corrected chi connectivity index (χ2v) is 7.43. The van der Waals surface area contributed by atoms with Crippen LogP contribution >= 0.6 is 23.2 Å². The van der Waals surface area contributed by atoms with Gasteiger partial charge in [0.15, 0.2) is 5.82 Å². The number of benzene rings is 1. The second kappa shape index (κ2) is 9.98. The fraction of sp³-hybridized carbons (Fsp3) is 0.350. The molecule has 0 radical (unpaired) electrons. The van der Waals surface area contributed by atoms with Crippen molar-refractivity contribution in [1.82, 2.24) is 19.9 Å². The summed E-state index contributed by atoms with van der Waals surface area (Å²) in [5, 5.41) is 4.32. The summed E-state index contributed by atoms with van der Waals surface area (Å²) in [6.07, 6.45) is 3.73. The van der Waals surface area contributed by atoms with E-state index in [9.17, 15) is 0 Å². The van der Waals surface area contributed by atoms with Gasteiger partial charge in [-0.3, -0.25) is 4.98 Å². The van der Waals surface area contributed by atoms with E-state index in [-0.39, 0.29) is 0 Å². The van der Waals surface area contributed by atoms with Crippen LogP contribution in [0.4, 0.5) is 5.82 Å². The average Bonchev–Trinajstić information content (AvgIpc) is 2.71. The Labute approximate surface area is 175 Å². The molecule has 3 rings (SSSR count). The first-order chi connectivity index (χ1) is 13.6. The standard InChI is InChI=1S/C20H24Cl2N6/c1-28(10-4-7-23)11-5-9-25-20-19(16-6-2-3-8-24-16)26-17-12-14(21)15(22)13-18(17)27-20/h2-3,6,8,12-13H,4-5,7,9-11,23H2,1H3,(H,25,27). The van der Waals surface area contributed by atoms with Crippen molar-refractivity contribution in [2.45, 2.75) is 12.8 Å². The van der Waals surface area contributed by atoms with Crippen LogP contribution in [0.3, 0.4) is 0 Å². The molecule has 0 saturated carbocycles. The predicted octanol–water partition coefficient (Wildman–Crippen LogP) is 4.08. The number of halogens is 2. The van der Waals surface area contributed by atoms with Gasteiger partial charge >= 0.3 is 0 Å². The zero-order valence-electron chi connectivity index (χ0n) is 15.8. The van der Waals surface area contributed by atoms with Crippen LogP contribution < -0.4 is 11.1 Å². The molecule has 0 aliphatic heterocycles. The van der Waals surface area contributed by atoms with Gasteiger partial charge in [-0.2, -0.15) is 0 Å². The lowest BCUT2D eigenvalue weighted by Crippen LogP contribution is -2.24. The van der Waals surface area contributed by atoms with Crippen molar-refractivity contribution in [2.24, 2.45) is 5.73 Å². The van der Waals surface area contributed by atoms with Crippen molar-refractivity contribution in [1.29, 1.82) is 0 Å². The number of hydrogen-bond acceptors (Lipinski definition) is 6. The fourth-order valence-corrected chi connectivity index (χ4v) is 3.20. The quantitative estimate of drug-likeness (QED) is 0.509. The zero-order chi connectivity index (χ0) is 19.9. The molecule has 6 nitrogen and oxygen atoms in total. The van der Waals surface area contributed by atoms with Crippen molar-refractivity contribution in [3.8, 4) is 11.4 Å². The Morgan fingerprint density at radius 2 is 1.75 bits per heavy atom. The van der Waals surface area contributed by atoms with Crippen molar-refractivity contribution >= 4 is 40.1 Å². The topological polar surface area (TPSA) is 80.0 Å². The SMILES string of the molecule is CN(CCCN)CCCNc1nc2cc(Cl)c(Cl)cc2nc1-c1ccccn1. The average molecular weight is 419 g/mol. The molecular weight excluding hydrogens is 395 g/mol. The molecule has 0 fully saturated rings. The molecule has 2 aromatic heterocycles. The lowest BCUT2D eigenvalue weighted by atomic mass is 10.2. The molecule has 1 aromatic carbocycles. The Kier molecular flexibility index (Phi) is 7.39. The van der Waals surface area contributed by atoms with Crippen molar-refractivity contribution < 1.29 is 0 Å². The van der Waals surface area contributed by atoms with Crippen LogP contribution in [0.2, 0.25) is 10.0 Å². The molecule has 0 atom stereocenters. The molecule has 0 unspecified atom stereocenters. The zero-order valence-corrected chi connectivity index (χ0v) is 17.3. The molecule has 0 aliphatic rings. The minimum Gasteiger partial charge on any atom is -0.368 e. The molecule has 148 valence electrons. The number of anilines is 1. The highest BCUT2D eigenvalue weighted by Crippen LogP contribution is 2.30. The predicted molar refractivity (Wildman–Crippen MR) is 117 cm³/mol. The van der Waals surface area contributed by atoms with Gasteiger partial charge in [-0.1, -0.05) is 29.3 Å². The Morgan fingerprint density at radius 1 is 1.04 bits per heavy atom. The highest BCUT2D eigenvalue weighted by Gasteiger charge is 2.13. The summed E-state index contributed by atoms with van der Waals surface area (Å²) in [7, 11) is 2.11. The molecule has 3 N–H and O–H groups in total. The number of pyridine rings is 1. The molecule has 28 heavy (non-hydrogen) atoms. The summed E-state index contributed by atoms with van der Waals surface area (Å²) >= 11 is 12.3. The fourth-order valence-electron chi connectivity index (χ4n) is 2.89. The maximum atomic E-state index is 6.15. The third-order valence-corrected chi connectivity index (χ3v) is 5.09. The van der Waals surface area contributed by atoms with Crippen LogP contribution in [0, 0.1) is 0 Å². The summed E-state index contributed by atoms with van der Waals surface area (Å²) in [5.74, 6) is 0.689. The summed E-state index contributed by atoms with van der Waals surface area (Å²) in [6.45, 7) is 3.47. The van der Waals surface area contributed by atoms with E-state index in [2.05, 4.69) is 22.2 Å². The monoisotopic (exact) mass is 418 g/mol. The van der Waals surface area contributed by atoms with Gasteiger partial charge in [0.05, 0.1) is 26.8 Å². The van der Waals surface area contributed by atoms with Gasteiger partial charge in [-0.15, -0.1) is 0 Å². The Balaban J connectivity index is 1.82. The molecule has 0 saturated heterocycles. The maximum Gasteiger partial charge on any atom is 0.154 e. The molecule has 0 aliphatic carbocycles. The smallest absolute Gasteiger partial charge is 0.154 e. The maximum absolute atomic E-state index is 6.15. The minimum atomic E-state index is 0.455. The van der Waals surface area contributed by atoms with Gasteiger partial charge in [-0.05, 0) is 63.8 Å². The van der Waals surface area contributed by atoms with Crippen LogP contribution in [0.15, 0.2) is 36.5 Å². The summed E-state index contributed by atoms with van der Waals surface area (Å²) in [4.78, 5) is 16.2. The molecule has 2 heterocycles. The summed E-state index contributed by atoms with van der Waals surface area (Å²) in [5.41, 5.74) is 8.39. The van der Waals surface area contributed by atoms with Crippen molar-refractivity contribution in [3.05, 3.63) is 46.6 Å². The minimum absolute atomic E-state index is 0.455. The highest BCUT2D eigenvalue weighted by atomic mass is 35.5. The normalized spacial score (nSPS) is 11.3. The lowest BCUT2D eigenvalue weighted by molar-refractivity contribution is 0.330. The first-order valence-electron chi connectivity index (χ1n) is 9.29. The molecule has 0 amide bonds. The van der Waals surface area contributed by atoms with Gasteiger partial charge in [-0.25, -0.2) is 9.97 Å². The Hall–Kier alpha value is -1.99. The van der Waals surface area contributed by atoms with E-state index in [1.54, 1.807) is 18.3 Å². The van der Waals surface area contributed by atoms with Gasteiger partial charge in [0.1, 0.15) is 5.69 Å². The lowest BCUT2D eigenvalue weighted by Gasteiger charge is -2.17. The number of nitrogens with two attached hydrogens (primary N) is 1. The summed E-state index contributed by atoms with van der Waals surface area (Å²) < 4.78 is 0. The number of aromatic nitrogens is 3. The van der Waals surface area contributed by atoms with Crippen LogP contribution in [0.25, 0.3) is 22.4 Å². The van der Waals surface area contributed by atoms with Crippen LogP contribution in [0.1, 0.15) is 12.8 Å². The van der Waals surface area contributed by atoms with E-state index >= 15 is 0 Å². The van der Waals surface area contributed by atoms with E-state index in [0.717, 1.165) is 44.7 Å². The van der Waals surface area contributed by atoms with Crippen LogP contribution in [-0.2, 0) is 0 Å². The van der Waals surface area contributed by atoms with E-state index in [1.165, 1.54) is 0 Å². The van der Waals surface area contributed by atoms with Crippen LogP contribution in [0.5, 0.6) is 0 Å². The van der Waals surface area contributed by atoms with E-state index in [0.29, 0.717) is 32.6 Å². The van der Waals surface area contributed by atoms with Crippen molar-refractivity contribution in [3.63, 3.8) is 0 Å². The van der Waals surface area contributed by atoms with Gasteiger partial charge in [0.2, 0.25) is 0 Å². The number of nitrogens with zero attached hydrogens (tertiary/aromatic N) is 4. The first-order valence-corrected chi connectivity index (χ1v) is 10.0. The molecule has 0 bridgehead atoms. The van der Waals surface area contributed by atoms with Gasteiger partial charge in [0, 0.05) is 12.7 Å². The summed E-state index contributed by atoms with van der Waals surface area (Å²) in [6, 6.07) is 9.19. The Morgan fingerprint density at radius 3 is 2.43 bits per heavy atom. The van der Waals surface area contributed by atoms with Crippen LogP contribution in [-0.4, -0.2) is 53.1 Å². The number of rotatable bonds is 9. The van der Waals surface area contributed by atoms with E-state index < -0.39 is 0 Å². The number of hydrogen-bond donors (Lipinski definition) is 2. The second-order valence-electron chi connectivity index (χ2n) is 6.62. The Bertz CT molecular complexity index is 919. The number of fused-ring (bicyclic) bond motifs is 1. The largest absolute Gasteiger partial charge is 0.368 e. The first kappa shape index (κ1) is 20.7. The van der Waals surface area contributed by atoms with Gasteiger partial charge in [0.25, 0.3) is 0 Å². The molecule has 3 aromatic rings. The van der Waals surface area contributed by atoms with E-state index in [4.69, 9.17) is 38.9 Å². The van der Waals surface area contributed by atoms with E-state index in [1.807, 2.05) is 18.2 Å². The molecular formula is C20H24Cl2N6. The number of nitrogens with one attached hydrogen (secondary N) is 1. The molecule has 0 spiro atoms. The third kappa shape index (κ3) is 5.29. The third-order valence-electron chi connectivity index (χ3n) is 4.37.